The molecule has 0 atom stereocenters. The van der Waals surface area contributed by atoms with Gasteiger partial charge in [0.2, 0.25) is 0 Å². The lowest BCUT2D eigenvalue weighted by Gasteiger charge is -2.11. The molecule has 1 aromatic heterocycles. The zero-order chi connectivity index (χ0) is 14.7. The van der Waals surface area contributed by atoms with Crippen molar-refractivity contribution in [3.05, 3.63) is 36.2 Å². The van der Waals surface area contributed by atoms with Gasteiger partial charge in [-0.2, -0.15) is 0 Å². The molecule has 0 unspecified atom stereocenters. The summed E-state index contributed by atoms with van der Waals surface area (Å²) in [6, 6.07) is 6.40. The molecule has 0 radical (unpaired) electrons. The zero-order valence-corrected chi connectivity index (χ0v) is 11.2. The summed E-state index contributed by atoms with van der Waals surface area (Å²) < 4.78 is 4.92. The van der Waals surface area contributed by atoms with E-state index in [0.717, 1.165) is 0 Å². The van der Waals surface area contributed by atoms with E-state index in [9.17, 15) is 14.7 Å². The third-order valence-electron chi connectivity index (χ3n) is 2.80. The maximum Gasteiger partial charge on any atom is 0.358 e. The summed E-state index contributed by atoms with van der Waals surface area (Å²) >= 11 is 0. The number of phenolic OH excluding ortho intramolecular Hbond substituents is 1. The molecule has 0 spiro atoms. The van der Waals surface area contributed by atoms with Crippen LogP contribution in [0.5, 0.6) is 5.75 Å². The van der Waals surface area contributed by atoms with Crippen LogP contribution in [-0.2, 0) is 9.53 Å². The predicted molar refractivity (Wildman–Crippen MR) is 72.4 cm³/mol. The van der Waals surface area contributed by atoms with Crippen molar-refractivity contribution in [2.75, 3.05) is 20.7 Å². The number of carbonyl (C=O) groups is 2. The number of carbonyl (C=O) groups excluding carboxylic acids is 2. The normalized spacial score (nSPS) is 10.3. The molecule has 104 valence electrons. The van der Waals surface area contributed by atoms with Crippen molar-refractivity contribution in [2.24, 2.45) is 0 Å². The summed E-state index contributed by atoms with van der Waals surface area (Å²) in [5.41, 5.74) is 0.0740. The number of esters is 1. The van der Waals surface area contributed by atoms with Gasteiger partial charge in [0, 0.05) is 31.1 Å². The second-order valence-electron chi connectivity index (χ2n) is 4.40. The van der Waals surface area contributed by atoms with Gasteiger partial charge in [-0.05, 0) is 12.1 Å². The Labute approximate surface area is 115 Å². The number of aromatic nitrogens is 1. The van der Waals surface area contributed by atoms with Gasteiger partial charge in [-0.3, -0.25) is 4.79 Å². The van der Waals surface area contributed by atoms with Crippen molar-refractivity contribution in [2.45, 2.75) is 0 Å². The number of ether oxygens (including phenoxy) is 1. The highest BCUT2D eigenvalue weighted by atomic mass is 16.5. The van der Waals surface area contributed by atoms with Crippen LogP contribution in [0.15, 0.2) is 30.5 Å². The average molecular weight is 274 g/mol. The minimum absolute atomic E-state index is 0.0586. The van der Waals surface area contributed by atoms with Gasteiger partial charge in [0.05, 0.1) is 0 Å². The highest BCUT2D eigenvalue weighted by molar-refractivity contribution is 6.04. The number of nitrogens with zero attached hydrogens (tertiary/aromatic N) is 2. The summed E-state index contributed by atoms with van der Waals surface area (Å²) in [7, 11) is 3.15. The van der Waals surface area contributed by atoms with Crippen molar-refractivity contribution in [3.63, 3.8) is 0 Å². The second-order valence-corrected chi connectivity index (χ2v) is 4.40. The minimum Gasteiger partial charge on any atom is -0.507 e. The van der Waals surface area contributed by atoms with Crippen molar-refractivity contribution >= 4 is 22.6 Å². The van der Waals surface area contributed by atoms with Crippen LogP contribution in [0.2, 0.25) is 0 Å². The Morgan fingerprint density at radius 3 is 2.70 bits per heavy atom. The van der Waals surface area contributed by atoms with Crippen LogP contribution in [0.3, 0.4) is 0 Å². The Morgan fingerprint density at radius 2 is 2.00 bits per heavy atom. The standard InChI is InChI=1S/C14H14N2O4/c1-16(2)12(18)8-20-14(19)13-10-4-3-5-11(17)9(10)6-7-15-13/h3-7,17H,8H2,1-2H3. The molecule has 1 amide bonds. The van der Waals surface area contributed by atoms with Crippen LogP contribution in [0.1, 0.15) is 10.5 Å². The number of benzene rings is 1. The van der Waals surface area contributed by atoms with Gasteiger partial charge in [-0.25, -0.2) is 9.78 Å². The third-order valence-corrected chi connectivity index (χ3v) is 2.80. The van der Waals surface area contributed by atoms with Crippen molar-refractivity contribution in [1.29, 1.82) is 0 Å². The summed E-state index contributed by atoms with van der Waals surface area (Å²) in [6.45, 7) is -0.345. The van der Waals surface area contributed by atoms with E-state index in [4.69, 9.17) is 4.74 Å². The number of amides is 1. The van der Waals surface area contributed by atoms with E-state index >= 15 is 0 Å². The van der Waals surface area contributed by atoms with Gasteiger partial charge in [-0.15, -0.1) is 0 Å². The maximum atomic E-state index is 12.0. The Hall–Kier alpha value is -2.63. The molecule has 1 heterocycles. The summed E-state index contributed by atoms with van der Waals surface area (Å²) in [4.78, 5) is 28.6. The fourth-order valence-corrected chi connectivity index (χ4v) is 1.68. The molecule has 2 rings (SSSR count). The van der Waals surface area contributed by atoms with Gasteiger partial charge in [0.15, 0.2) is 12.3 Å². The van der Waals surface area contributed by atoms with Crippen LogP contribution in [0, 0.1) is 0 Å². The second kappa shape index (κ2) is 5.56. The Balaban J connectivity index is 2.27. The van der Waals surface area contributed by atoms with E-state index < -0.39 is 5.97 Å². The largest absolute Gasteiger partial charge is 0.507 e. The molecule has 0 aliphatic rings. The Bertz CT molecular complexity index is 667. The van der Waals surface area contributed by atoms with E-state index in [1.165, 1.54) is 17.2 Å². The van der Waals surface area contributed by atoms with Gasteiger partial charge in [0.25, 0.3) is 5.91 Å². The van der Waals surface area contributed by atoms with E-state index in [1.807, 2.05) is 0 Å². The van der Waals surface area contributed by atoms with E-state index in [1.54, 1.807) is 32.3 Å². The molecule has 0 saturated carbocycles. The Kier molecular flexibility index (Phi) is 3.84. The first-order valence-electron chi connectivity index (χ1n) is 5.94. The van der Waals surface area contributed by atoms with Crippen LogP contribution in [0.4, 0.5) is 0 Å². The molecule has 0 saturated heterocycles. The molecule has 6 nitrogen and oxygen atoms in total. The molecular formula is C14H14N2O4. The summed E-state index contributed by atoms with van der Waals surface area (Å²) in [6.07, 6.45) is 1.41. The number of fused-ring (bicyclic) bond motifs is 1. The minimum atomic E-state index is -0.698. The summed E-state index contributed by atoms with van der Waals surface area (Å²) in [5.74, 6) is -0.957. The monoisotopic (exact) mass is 274 g/mol. The van der Waals surface area contributed by atoms with Gasteiger partial charge >= 0.3 is 5.97 Å². The molecule has 20 heavy (non-hydrogen) atoms. The molecule has 1 aromatic carbocycles. The number of hydrogen-bond acceptors (Lipinski definition) is 5. The van der Waals surface area contributed by atoms with E-state index in [2.05, 4.69) is 4.98 Å². The van der Waals surface area contributed by atoms with Gasteiger partial charge in [-0.1, -0.05) is 12.1 Å². The van der Waals surface area contributed by atoms with Crippen LogP contribution in [0.25, 0.3) is 10.8 Å². The van der Waals surface area contributed by atoms with Crippen molar-refractivity contribution < 1.29 is 19.4 Å². The van der Waals surface area contributed by atoms with Crippen LogP contribution >= 0.6 is 0 Å². The lowest BCUT2D eigenvalue weighted by atomic mass is 10.1. The lowest BCUT2D eigenvalue weighted by molar-refractivity contribution is -0.131. The van der Waals surface area contributed by atoms with E-state index in [0.29, 0.717) is 10.8 Å². The number of phenols is 1. The smallest absolute Gasteiger partial charge is 0.358 e. The van der Waals surface area contributed by atoms with Gasteiger partial charge in [0.1, 0.15) is 5.75 Å². The van der Waals surface area contributed by atoms with Crippen molar-refractivity contribution in [1.82, 2.24) is 9.88 Å². The topological polar surface area (TPSA) is 79.7 Å². The van der Waals surface area contributed by atoms with Crippen molar-refractivity contribution in [3.8, 4) is 5.75 Å². The van der Waals surface area contributed by atoms with Crippen LogP contribution in [-0.4, -0.2) is 47.6 Å². The molecular weight excluding hydrogens is 260 g/mol. The fourth-order valence-electron chi connectivity index (χ4n) is 1.68. The maximum absolute atomic E-state index is 12.0. The fraction of sp³-hybridized carbons (Fsp3) is 0.214. The predicted octanol–water partition coefficient (Wildman–Crippen LogP) is 1.19. The lowest BCUT2D eigenvalue weighted by Crippen LogP contribution is -2.27. The first-order chi connectivity index (χ1) is 9.50. The zero-order valence-electron chi connectivity index (χ0n) is 11.2. The number of likely N-dealkylation sites (N-methyl/N-ethyl adjacent to an activating group) is 1. The molecule has 6 heteroatoms. The average Bonchev–Trinajstić information content (AvgIpc) is 2.44. The molecule has 0 bridgehead atoms. The third kappa shape index (κ3) is 2.69. The number of aromatic hydroxyl groups is 1. The molecule has 0 fully saturated rings. The molecule has 2 aromatic rings. The van der Waals surface area contributed by atoms with E-state index in [-0.39, 0.29) is 24.0 Å². The quantitative estimate of drug-likeness (QED) is 0.850. The first kappa shape index (κ1) is 13.8. The number of pyridine rings is 1. The highest BCUT2D eigenvalue weighted by Gasteiger charge is 2.16. The Morgan fingerprint density at radius 1 is 1.25 bits per heavy atom. The summed E-state index contributed by atoms with van der Waals surface area (Å²) in [5, 5.41) is 10.7. The molecule has 0 aliphatic carbocycles. The number of rotatable bonds is 3. The van der Waals surface area contributed by atoms with Gasteiger partial charge < -0.3 is 14.7 Å². The number of hydrogen-bond donors (Lipinski definition) is 1. The molecule has 0 aliphatic heterocycles. The SMILES string of the molecule is CN(C)C(=O)COC(=O)c1nccc2c(O)cccc12. The highest BCUT2D eigenvalue weighted by Crippen LogP contribution is 2.25. The first-order valence-corrected chi connectivity index (χ1v) is 5.94. The molecule has 1 N–H and O–H groups in total. The van der Waals surface area contributed by atoms with Crippen LogP contribution < -0.4 is 0 Å².